The third-order valence-corrected chi connectivity index (χ3v) is 3.48. The van der Waals surface area contributed by atoms with Gasteiger partial charge in [-0.2, -0.15) is 0 Å². The van der Waals surface area contributed by atoms with Gasteiger partial charge in [0.25, 0.3) is 0 Å². The van der Waals surface area contributed by atoms with Crippen LogP contribution in [0.1, 0.15) is 28.4 Å². The summed E-state index contributed by atoms with van der Waals surface area (Å²) in [4.78, 5) is 12.0. The van der Waals surface area contributed by atoms with Crippen LogP contribution in [0.2, 0.25) is 0 Å². The summed E-state index contributed by atoms with van der Waals surface area (Å²) in [5.74, 6) is -0.335. The quantitative estimate of drug-likeness (QED) is 0.584. The van der Waals surface area contributed by atoms with Crippen LogP contribution in [0.25, 0.3) is 6.08 Å². The number of rotatable bonds is 5. The number of carbonyl (C=O) groups is 1. The molecule has 0 aromatic heterocycles. The highest BCUT2D eigenvalue weighted by molar-refractivity contribution is 5.89. The van der Waals surface area contributed by atoms with Gasteiger partial charge in [-0.15, -0.1) is 0 Å². The van der Waals surface area contributed by atoms with Gasteiger partial charge in [0.2, 0.25) is 0 Å². The van der Waals surface area contributed by atoms with Crippen molar-refractivity contribution >= 4 is 12.0 Å². The number of ether oxygens (including phenoxy) is 1. The molecule has 2 aromatic rings. The van der Waals surface area contributed by atoms with E-state index in [9.17, 15) is 4.79 Å². The Hall–Kier alpha value is -2.61. The molecule has 112 valence electrons. The molecular formula is C20H20O2. The predicted octanol–water partition coefficient (Wildman–Crippen LogP) is 4.81. The molecule has 0 spiro atoms. The maximum Gasteiger partial charge on any atom is 0.338 e. The Bertz CT molecular complexity index is 684. The van der Waals surface area contributed by atoms with E-state index in [4.69, 9.17) is 4.74 Å². The van der Waals surface area contributed by atoms with Gasteiger partial charge < -0.3 is 4.74 Å². The normalized spacial score (nSPS) is 12.1. The fourth-order valence-electron chi connectivity index (χ4n) is 1.98. The van der Waals surface area contributed by atoms with Crippen molar-refractivity contribution < 1.29 is 9.53 Å². The van der Waals surface area contributed by atoms with Gasteiger partial charge >= 0.3 is 5.97 Å². The lowest BCUT2D eigenvalue weighted by Crippen LogP contribution is -2.16. The van der Waals surface area contributed by atoms with Crippen LogP contribution in [0, 0.1) is 6.92 Å². The van der Waals surface area contributed by atoms with E-state index in [1.807, 2.05) is 55.5 Å². The Morgan fingerprint density at radius 1 is 1.09 bits per heavy atom. The molecule has 2 nitrogen and oxygen atoms in total. The fraction of sp³-hybridized carbons (Fsp3) is 0.150. The largest absolute Gasteiger partial charge is 0.454 e. The Morgan fingerprint density at radius 3 is 2.41 bits per heavy atom. The predicted molar refractivity (Wildman–Crippen MR) is 90.7 cm³/mol. The van der Waals surface area contributed by atoms with Crippen molar-refractivity contribution in [1.82, 2.24) is 0 Å². The average Bonchev–Trinajstić information content (AvgIpc) is 2.54. The molecule has 1 unspecified atom stereocenters. The summed E-state index contributed by atoms with van der Waals surface area (Å²) in [6.07, 6.45) is 3.52. The molecular weight excluding hydrogens is 272 g/mol. The molecule has 0 aliphatic rings. The van der Waals surface area contributed by atoms with Crippen LogP contribution < -0.4 is 0 Å². The first kappa shape index (κ1) is 15.8. The van der Waals surface area contributed by atoms with E-state index >= 15 is 0 Å². The topological polar surface area (TPSA) is 26.3 Å². The van der Waals surface area contributed by atoms with Crippen LogP contribution in [0.5, 0.6) is 0 Å². The minimum absolute atomic E-state index is 0.335. The van der Waals surface area contributed by atoms with Crippen molar-refractivity contribution in [3.05, 3.63) is 89.5 Å². The van der Waals surface area contributed by atoms with Gasteiger partial charge in [0.05, 0.1) is 5.56 Å². The highest BCUT2D eigenvalue weighted by atomic mass is 16.5. The summed E-state index contributed by atoms with van der Waals surface area (Å²) in [6, 6.07) is 17.1. The second kappa shape index (κ2) is 7.41. The number of benzene rings is 2. The van der Waals surface area contributed by atoms with E-state index in [0.29, 0.717) is 5.56 Å². The zero-order valence-corrected chi connectivity index (χ0v) is 13.0. The smallest absolute Gasteiger partial charge is 0.338 e. The van der Waals surface area contributed by atoms with Gasteiger partial charge in [-0.25, -0.2) is 4.79 Å². The van der Waals surface area contributed by atoms with Crippen molar-refractivity contribution in [2.24, 2.45) is 0 Å². The molecule has 2 rings (SSSR count). The maximum atomic E-state index is 12.0. The molecule has 0 saturated heterocycles. The molecule has 2 aromatic carbocycles. The summed E-state index contributed by atoms with van der Waals surface area (Å²) < 4.78 is 5.43. The second-order valence-corrected chi connectivity index (χ2v) is 5.18. The zero-order valence-electron chi connectivity index (χ0n) is 13.0. The van der Waals surface area contributed by atoms with Gasteiger partial charge in [-0.05, 0) is 42.7 Å². The van der Waals surface area contributed by atoms with E-state index in [0.717, 1.165) is 11.1 Å². The highest BCUT2D eigenvalue weighted by Gasteiger charge is 2.12. The van der Waals surface area contributed by atoms with Gasteiger partial charge in [0.1, 0.15) is 6.10 Å². The molecule has 0 N–H and O–H groups in total. The molecule has 2 heteroatoms. The fourth-order valence-corrected chi connectivity index (χ4v) is 1.98. The lowest BCUT2D eigenvalue weighted by atomic mass is 10.1. The number of esters is 1. The van der Waals surface area contributed by atoms with Crippen molar-refractivity contribution in [3.63, 3.8) is 0 Å². The summed E-state index contributed by atoms with van der Waals surface area (Å²) in [5, 5.41) is 0. The van der Waals surface area contributed by atoms with Crippen molar-refractivity contribution in [3.8, 4) is 0 Å². The SMILES string of the molecule is C=C(/C=C/c1ccccc1C)C(C)OC(=O)c1ccccc1. The minimum Gasteiger partial charge on any atom is -0.454 e. The number of carbonyl (C=O) groups excluding carboxylic acids is 1. The molecule has 0 heterocycles. The van der Waals surface area contributed by atoms with E-state index in [-0.39, 0.29) is 12.1 Å². The number of hydrogen-bond donors (Lipinski definition) is 0. The van der Waals surface area contributed by atoms with Gasteiger partial charge in [0.15, 0.2) is 0 Å². The Balaban J connectivity index is 1.98. The van der Waals surface area contributed by atoms with Crippen molar-refractivity contribution in [1.29, 1.82) is 0 Å². The molecule has 0 saturated carbocycles. The lowest BCUT2D eigenvalue weighted by Gasteiger charge is -2.13. The maximum absolute atomic E-state index is 12.0. The van der Waals surface area contributed by atoms with Crippen LogP contribution in [0.3, 0.4) is 0 Å². The first-order chi connectivity index (χ1) is 10.6. The van der Waals surface area contributed by atoms with Crippen LogP contribution >= 0.6 is 0 Å². The van der Waals surface area contributed by atoms with Crippen LogP contribution in [-0.2, 0) is 4.74 Å². The minimum atomic E-state index is -0.368. The lowest BCUT2D eigenvalue weighted by molar-refractivity contribution is 0.0412. The Kier molecular flexibility index (Phi) is 5.31. The van der Waals surface area contributed by atoms with Gasteiger partial charge in [-0.1, -0.05) is 61.2 Å². The molecule has 0 aliphatic heterocycles. The molecule has 0 bridgehead atoms. The summed E-state index contributed by atoms with van der Waals surface area (Å²) >= 11 is 0. The summed E-state index contributed by atoms with van der Waals surface area (Å²) in [7, 11) is 0. The molecule has 0 fully saturated rings. The van der Waals surface area contributed by atoms with Gasteiger partial charge in [-0.3, -0.25) is 0 Å². The van der Waals surface area contributed by atoms with E-state index < -0.39 is 0 Å². The average molecular weight is 292 g/mol. The van der Waals surface area contributed by atoms with Gasteiger partial charge in [0, 0.05) is 0 Å². The van der Waals surface area contributed by atoms with Crippen molar-refractivity contribution in [2.45, 2.75) is 20.0 Å². The molecule has 1 atom stereocenters. The monoisotopic (exact) mass is 292 g/mol. The van der Waals surface area contributed by atoms with E-state index in [2.05, 4.69) is 19.6 Å². The first-order valence-electron chi connectivity index (χ1n) is 7.26. The van der Waals surface area contributed by atoms with Crippen molar-refractivity contribution in [2.75, 3.05) is 0 Å². The van der Waals surface area contributed by atoms with Crippen LogP contribution in [-0.4, -0.2) is 12.1 Å². The Labute approximate surface area is 131 Å². The third kappa shape index (κ3) is 4.19. The standard InChI is InChI=1S/C20H20O2/c1-15(13-14-18-10-8-7-9-16(18)2)17(3)22-20(21)19-11-5-4-6-12-19/h4-14,17H,1H2,2-3H3/b14-13+. The highest BCUT2D eigenvalue weighted by Crippen LogP contribution is 2.14. The van der Waals surface area contributed by atoms with E-state index in [1.165, 1.54) is 5.56 Å². The first-order valence-corrected chi connectivity index (χ1v) is 7.26. The Morgan fingerprint density at radius 2 is 1.73 bits per heavy atom. The van der Waals surface area contributed by atoms with Crippen LogP contribution in [0.15, 0.2) is 72.8 Å². The third-order valence-electron chi connectivity index (χ3n) is 3.48. The number of hydrogen-bond acceptors (Lipinski definition) is 2. The van der Waals surface area contributed by atoms with E-state index in [1.54, 1.807) is 12.1 Å². The molecule has 0 aliphatic carbocycles. The second-order valence-electron chi connectivity index (χ2n) is 5.18. The number of aryl methyl sites for hydroxylation is 1. The zero-order chi connectivity index (χ0) is 15.9. The molecule has 0 amide bonds. The summed E-state index contributed by atoms with van der Waals surface area (Å²) in [5.41, 5.74) is 3.63. The summed E-state index contributed by atoms with van der Waals surface area (Å²) in [6.45, 7) is 7.86. The van der Waals surface area contributed by atoms with Crippen LogP contribution in [0.4, 0.5) is 0 Å². The molecule has 22 heavy (non-hydrogen) atoms. The molecule has 0 radical (unpaired) electrons.